The summed E-state index contributed by atoms with van der Waals surface area (Å²) in [4.78, 5) is 9.24. The molecule has 0 radical (unpaired) electrons. The summed E-state index contributed by atoms with van der Waals surface area (Å²) < 4.78 is 0. The van der Waals surface area contributed by atoms with Crippen LogP contribution in [0.3, 0.4) is 0 Å². The normalized spacial score (nSPS) is 6.17. The van der Waals surface area contributed by atoms with E-state index in [2.05, 4.69) is 5.73 Å². The molecule has 0 saturated heterocycles. The predicted octanol–water partition coefficient (Wildman–Crippen LogP) is -2.15. The summed E-state index contributed by atoms with van der Waals surface area (Å²) in [6, 6.07) is 0. The van der Waals surface area contributed by atoms with Crippen molar-refractivity contribution in [2.75, 3.05) is 6.54 Å². The molecule has 0 aromatic carbocycles. The van der Waals surface area contributed by atoms with Gasteiger partial charge in [0.2, 0.25) is 0 Å². The van der Waals surface area contributed by atoms with E-state index >= 15 is 0 Å². The van der Waals surface area contributed by atoms with Crippen LogP contribution in [-0.4, -0.2) is 43.8 Å². The van der Waals surface area contributed by atoms with Gasteiger partial charge in [0.25, 0.3) is 0 Å². The van der Waals surface area contributed by atoms with Crippen molar-refractivity contribution in [1.29, 1.82) is 0 Å². The van der Waals surface area contributed by atoms with Crippen molar-refractivity contribution in [2.45, 2.75) is 0 Å². The Balaban J connectivity index is 0. The Morgan fingerprint density at radius 2 is 2.00 bits per heavy atom. The van der Waals surface area contributed by atoms with Crippen LogP contribution >= 0.6 is 0 Å². The molecule has 0 bridgehead atoms. The number of carboxylic acid groups (broad SMARTS) is 1. The van der Waals surface area contributed by atoms with E-state index < -0.39 is 5.97 Å². The van der Waals surface area contributed by atoms with Crippen molar-refractivity contribution in [2.24, 2.45) is 5.73 Å². The van der Waals surface area contributed by atoms with Crippen LogP contribution in [0.4, 0.5) is 0 Å². The van der Waals surface area contributed by atoms with Gasteiger partial charge >= 0.3 is 32.2 Å². The quantitative estimate of drug-likeness (QED) is 0.540. The number of carbonyl (C=O) groups is 1. The van der Waals surface area contributed by atoms with Crippen LogP contribution in [0, 0.1) is 0 Å². The summed E-state index contributed by atoms with van der Waals surface area (Å²) in [6.07, 6.45) is 0. The van der Waals surface area contributed by atoms with Crippen LogP contribution in [-0.2, 0) is 4.79 Å². The number of hydrogen-bond acceptors (Lipinski definition) is 2. The standard InChI is InChI=1S/C2H5NO2.Bi.3H/c3-1-2(4)5;;;;/h1,3H2,(H,4,5);;;;. The fraction of sp³-hybridized carbons (Fsp3) is 0.500. The summed E-state index contributed by atoms with van der Waals surface area (Å²) >= 11 is 0. The van der Waals surface area contributed by atoms with Crippen LogP contribution in [0.1, 0.15) is 0 Å². The molecule has 0 saturated carbocycles. The fourth-order valence-corrected chi connectivity index (χ4v) is 0. The molecular formula is C2H8BiNO2. The van der Waals surface area contributed by atoms with Crippen LogP contribution in [0.25, 0.3) is 0 Å². The zero-order chi connectivity index (χ0) is 4.28. The van der Waals surface area contributed by atoms with Gasteiger partial charge in [-0.15, -0.1) is 0 Å². The van der Waals surface area contributed by atoms with Gasteiger partial charge in [-0.3, -0.25) is 4.79 Å². The fourth-order valence-electron chi connectivity index (χ4n) is 0. The Morgan fingerprint density at radius 1 is 1.83 bits per heavy atom. The van der Waals surface area contributed by atoms with E-state index in [4.69, 9.17) is 5.11 Å². The first-order chi connectivity index (χ1) is 2.27. The molecule has 4 heteroatoms. The second-order valence-electron chi connectivity index (χ2n) is 0.598. The Bertz CT molecular complexity index is 46.8. The van der Waals surface area contributed by atoms with E-state index in [-0.39, 0.29) is 32.7 Å². The molecule has 0 unspecified atom stereocenters. The molecule has 0 aliphatic heterocycles. The number of rotatable bonds is 1. The summed E-state index contributed by atoms with van der Waals surface area (Å²) in [7, 11) is 0. The average molecular weight is 287 g/mol. The Hall–Kier alpha value is 0.313. The topological polar surface area (TPSA) is 63.3 Å². The monoisotopic (exact) mass is 287 g/mol. The molecule has 0 spiro atoms. The zero-order valence-electron chi connectivity index (χ0n) is 3.35. The van der Waals surface area contributed by atoms with Crippen LogP contribution in [0.15, 0.2) is 0 Å². The molecule has 38 valence electrons. The van der Waals surface area contributed by atoms with Crippen LogP contribution < -0.4 is 5.73 Å². The second-order valence-corrected chi connectivity index (χ2v) is 0.598. The zero-order valence-corrected chi connectivity index (χ0v) is 8.84. The van der Waals surface area contributed by atoms with Gasteiger partial charge in [-0.25, -0.2) is 0 Å². The molecule has 0 aromatic heterocycles. The molecule has 6 heavy (non-hydrogen) atoms. The van der Waals surface area contributed by atoms with Gasteiger partial charge in [-0.05, 0) is 0 Å². The molecule has 0 aliphatic carbocycles. The van der Waals surface area contributed by atoms with E-state index in [1.807, 2.05) is 0 Å². The molecule has 3 nitrogen and oxygen atoms in total. The van der Waals surface area contributed by atoms with E-state index in [0.717, 1.165) is 0 Å². The number of aliphatic carboxylic acids is 1. The van der Waals surface area contributed by atoms with Crippen molar-refractivity contribution >= 4 is 32.2 Å². The van der Waals surface area contributed by atoms with Gasteiger partial charge in [0.05, 0.1) is 6.54 Å². The molecule has 0 aliphatic rings. The molecular weight excluding hydrogens is 279 g/mol. The van der Waals surface area contributed by atoms with Crippen molar-refractivity contribution in [3.8, 4) is 0 Å². The molecule has 0 heterocycles. The average Bonchev–Trinajstić information content (AvgIpc) is 1.38. The minimum absolute atomic E-state index is 0. The summed E-state index contributed by atoms with van der Waals surface area (Å²) in [5, 5.41) is 7.60. The van der Waals surface area contributed by atoms with Gasteiger partial charge in [0.1, 0.15) is 0 Å². The van der Waals surface area contributed by atoms with Gasteiger partial charge in [-0.2, -0.15) is 0 Å². The number of carboxylic acids is 1. The maximum atomic E-state index is 9.24. The predicted molar refractivity (Wildman–Crippen MR) is 26.6 cm³/mol. The Morgan fingerprint density at radius 3 is 2.00 bits per heavy atom. The molecule has 0 fully saturated rings. The van der Waals surface area contributed by atoms with E-state index in [9.17, 15) is 4.79 Å². The molecule has 0 amide bonds. The van der Waals surface area contributed by atoms with Crippen LogP contribution in [0.2, 0.25) is 0 Å². The molecule has 3 N–H and O–H groups in total. The van der Waals surface area contributed by atoms with Gasteiger partial charge in [0, 0.05) is 0 Å². The first-order valence-corrected chi connectivity index (χ1v) is 1.19. The first-order valence-electron chi connectivity index (χ1n) is 1.19. The van der Waals surface area contributed by atoms with E-state index in [0.29, 0.717) is 0 Å². The second kappa shape index (κ2) is 5.31. The van der Waals surface area contributed by atoms with Crippen LogP contribution in [0.5, 0.6) is 0 Å². The van der Waals surface area contributed by atoms with E-state index in [1.54, 1.807) is 0 Å². The van der Waals surface area contributed by atoms with Crippen molar-refractivity contribution < 1.29 is 9.90 Å². The third kappa shape index (κ3) is 8.85. The maximum absolute atomic E-state index is 9.24. The van der Waals surface area contributed by atoms with Gasteiger partial charge in [-0.1, -0.05) is 0 Å². The molecule has 0 atom stereocenters. The summed E-state index contributed by atoms with van der Waals surface area (Å²) in [5.74, 6) is -0.968. The van der Waals surface area contributed by atoms with Gasteiger partial charge < -0.3 is 10.8 Å². The van der Waals surface area contributed by atoms with E-state index in [1.165, 1.54) is 0 Å². The molecule has 0 rings (SSSR count). The van der Waals surface area contributed by atoms with Crippen molar-refractivity contribution in [1.82, 2.24) is 0 Å². The Labute approximate surface area is 54.6 Å². The molecule has 0 aromatic rings. The third-order valence-corrected chi connectivity index (χ3v) is 0.175. The number of hydrogen-bond donors (Lipinski definition) is 2. The van der Waals surface area contributed by atoms with Gasteiger partial charge in [0.15, 0.2) is 0 Å². The SMILES string of the molecule is NCC(=O)O.[BiH3]. The Kier molecular flexibility index (Phi) is 8.48. The number of nitrogens with two attached hydrogens (primary N) is 1. The summed E-state index contributed by atoms with van der Waals surface area (Å²) in [5.41, 5.74) is 4.57. The minimum atomic E-state index is -0.968. The summed E-state index contributed by atoms with van der Waals surface area (Å²) in [6.45, 7) is -0.278. The first kappa shape index (κ1) is 9.58. The third-order valence-electron chi connectivity index (χ3n) is 0.175. The van der Waals surface area contributed by atoms with Crippen molar-refractivity contribution in [3.05, 3.63) is 0 Å². The van der Waals surface area contributed by atoms with Crippen molar-refractivity contribution in [3.63, 3.8) is 0 Å².